The molecule has 192 valence electrons. The number of methoxy groups -OCH3 is 1. The van der Waals surface area contributed by atoms with Gasteiger partial charge in [0.1, 0.15) is 23.2 Å². The topological polar surface area (TPSA) is 120 Å². The summed E-state index contributed by atoms with van der Waals surface area (Å²) in [6, 6.07) is 15.8. The highest BCUT2D eigenvalue weighted by atomic mass is 32.1. The third-order valence-electron chi connectivity index (χ3n) is 7.21. The van der Waals surface area contributed by atoms with Crippen LogP contribution in [-0.4, -0.2) is 29.5 Å². The maximum Gasteiger partial charge on any atom is 0.341 e. The normalized spacial score (nSPS) is 18.9. The van der Waals surface area contributed by atoms with Crippen LogP contribution in [0.25, 0.3) is 11.1 Å². The minimum atomic E-state index is -0.764. The number of esters is 1. The summed E-state index contributed by atoms with van der Waals surface area (Å²) in [6.45, 7) is 3.95. The Labute approximate surface area is 225 Å². The van der Waals surface area contributed by atoms with Crippen molar-refractivity contribution in [1.29, 1.82) is 10.5 Å². The zero-order valence-corrected chi connectivity index (χ0v) is 22.4. The number of hydrogen-bond donors (Lipinski definition) is 1. The second-order valence-electron chi connectivity index (χ2n) is 9.48. The van der Waals surface area contributed by atoms with E-state index >= 15 is 0 Å². The Morgan fingerprint density at radius 3 is 2.63 bits per heavy atom. The van der Waals surface area contributed by atoms with Crippen LogP contribution >= 0.6 is 11.3 Å². The molecule has 0 unspecified atom stereocenters. The number of thiophene rings is 1. The van der Waals surface area contributed by atoms with Crippen LogP contribution in [0.4, 0.5) is 5.69 Å². The third kappa shape index (κ3) is 4.20. The lowest BCUT2D eigenvalue weighted by Crippen LogP contribution is -2.40. The first-order valence-electron chi connectivity index (χ1n) is 12.5. The van der Waals surface area contributed by atoms with Crippen LogP contribution < -0.4 is 10.7 Å². The second-order valence-corrected chi connectivity index (χ2v) is 10.6. The average Bonchev–Trinajstić information content (AvgIpc) is 3.57. The van der Waals surface area contributed by atoms with Gasteiger partial charge in [0.15, 0.2) is 0 Å². The Balaban J connectivity index is 1.60. The molecule has 8 nitrogen and oxygen atoms in total. The molecule has 1 aromatic carbocycles. The molecule has 2 aliphatic rings. The lowest BCUT2D eigenvalue weighted by atomic mass is 9.95. The van der Waals surface area contributed by atoms with Crippen LogP contribution in [0.5, 0.6) is 0 Å². The van der Waals surface area contributed by atoms with Gasteiger partial charge in [0, 0.05) is 16.3 Å². The molecule has 0 saturated heterocycles. The molecular weight excluding hydrogens is 496 g/mol. The number of nitrogens with two attached hydrogens (primary N) is 1. The number of aromatic nitrogens is 1. The van der Waals surface area contributed by atoms with E-state index in [0.717, 1.165) is 58.9 Å². The van der Waals surface area contributed by atoms with E-state index in [9.17, 15) is 15.3 Å². The van der Waals surface area contributed by atoms with Gasteiger partial charge in [-0.05, 0) is 74.9 Å². The summed E-state index contributed by atoms with van der Waals surface area (Å²) in [5.41, 5.74) is 12.1. The summed E-state index contributed by atoms with van der Waals surface area (Å²) in [5.74, 6) is -1.09. The summed E-state index contributed by atoms with van der Waals surface area (Å²) in [4.78, 5) is 14.1. The third-order valence-corrected chi connectivity index (χ3v) is 8.48. The molecule has 9 heteroatoms. The Morgan fingerprint density at radius 1 is 1.21 bits per heavy atom. The van der Waals surface area contributed by atoms with E-state index < -0.39 is 12.1 Å². The highest BCUT2D eigenvalue weighted by Crippen LogP contribution is 2.39. The number of rotatable bonds is 5. The van der Waals surface area contributed by atoms with Crippen molar-refractivity contribution in [3.8, 4) is 17.1 Å². The summed E-state index contributed by atoms with van der Waals surface area (Å²) >= 11 is 1.64. The number of benzene rings is 1. The van der Waals surface area contributed by atoms with E-state index in [1.54, 1.807) is 22.4 Å². The number of carbonyl (C=O) groups excluding carboxylic acids is 1. The van der Waals surface area contributed by atoms with Crippen molar-refractivity contribution >= 4 is 34.8 Å². The number of hydrazone groups is 1. The standard InChI is InChI=1S/C29H28N6O2S/c1-17-13-19(18(2)34(17)28-25(29(36)37-3)22-11-7-8-12-24(22)38-28)14-20(15-30)26-23(16-31)27(32)35(33-26)21-9-5-4-6-10-21/h4-6,9-10,13-14,23,27H,7-8,11-12,32H2,1-3H3/b20-14-/t23-,27-/m1/s1. The molecule has 0 radical (unpaired) electrons. The fraction of sp³-hybridized carbons (Fsp3) is 0.310. The number of para-hydroxylation sites is 1. The van der Waals surface area contributed by atoms with Crippen LogP contribution in [0, 0.1) is 42.4 Å². The highest BCUT2D eigenvalue weighted by Gasteiger charge is 2.38. The van der Waals surface area contributed by atoms with Crippen molar-refractivity contribution in [3.63, 3.8) is 0 Å². The number of fused-ring (bicyclic) bond motifs is 1. The lowest BCUT2D eigenvalue weighted by Gasteiger charge is -2.21. The summed E-state index contributed by atoms with van der Waals surface area (Å²) < 4.78 is 7.24. The van der Waals surface area contributed by atoms with E-state index in [2.05, 4.69) is 21.8 Å². The van der Waals surface area contributed by atoms with Crippen LogP contribution in [0.15, 0.2) is 47.1 Å². The Hall–Kier alpha value is -4.18. The van der Waals surface area contributed by atoms with Gasteiger partial charge in [-0.2, -0.15) is 15.6 Å². The first-order chi connectivity index (χ1) is 18.4. The first kappa shape index (κ1) is 25.5. The zero-order valence-electron chi connectivity index (χ0n) is 21.6. The number of ether oxygens (including phenoxy) is 1. The molecular formula is C29H28N6O2S. The van der Waals surface area contributed by atoms with Crippen LogP contribution in [0.3, 0.4) is 0 Å². The number of hydrogen-bond acceptors (Lipinski definition) is 8. The molecule has 2 N–H and O–H groups in total. The van der Waals surface area contributed by atoms with Gasteiger partial charge in [-0.1, -0.05) is 18.2 Å². The number of carbonyl (C=O) groups is 1. The Kier molecular flexibility index (Phi) is 6.90. The molecule has 1 aliphatic heterocycles. The smallest absolute Gasteiger partial charge is 0.341 e. The van der Waals surface area contributed by atoms with Crippen LogP contribution in [0.2, 0.25) is 0 Å². The number of nitriles is 2. The van der Waals surface area contributed by atoms with Crippen molar-refractivity contribution < 1.29 is 9.53 Å². The number of anilines is 1. The highest BCUT2D eigenvalue weighted by molar-refractivity contribution is 7.15. The monoisotopic (exact) mass is 524 g/mol. The fourth-order valence-electron chi connectivity index (χ4n) is 5.30. The lowest BCUT2D eigenvalue weighted by molar-refractivity contribution is 0.0600. The molecule has 0 saturated carbocycles. The van der Waals surface area contributed by atoms with Crippen molar-refractivity contribution in [3.05, 3.63) is 74.9 Å². The molecule has 0 fully saturated rings. The molecule has 0 amide bonds. The van der Waals surface area contributed by atoms with E-state index in [-0.39, 0.29) is 11.5 Å². The molecule has 3 aromatic rings. The Morgan fingerprint density at radius 2 is 1.95 bits per heavy atom. The minimum Gasteiger partial charge on any atom is -0.465 e. The maximum atomic E-state index is 12.9. The van der Waals surface area contributed by atoms with Crippen LogP contribution in [-0.2, 0) is 17.6 Å². The summed E-state index contributed by atoms with van der Waals surface area (Å²) in [7, 11) is 1.42. The quantitative estimate of drug-likeness (QED) is 0.369. The van der Waals surface area contributed by atoms with Crippen LogP contribution in [0.1, 0.15) is 50.6 Å². The van der Waals surface area contributed by atoms with Gasteiger partial charge in [-0.3, -0.25) is 0 Å². The summed E-state index contributed by atoms with van der Waals surface area (Å²) in [6.07, 6.45) is 5.05. The predicted octanol–water partition coefficient (Wildman–Crippen LogP) is 5.03. The predicted molar refractivity (Wildman–Crippen MR) is 148 cm³/mol. The minimum absolute atomic E-state index is 0.282. The molecule has 5 rings (SSSR count). The van der Waals surface area contributed by atoms with E-state index in [1.807, 2.05) is 50.2 Å². The Bertz CT molecular complexity index is 1550. The van der Waals surface area contributed by atoms with Gasteiger partial charge in [0.2, 0.25) is 0 Å². The molecule has 3 heterocycles. The van der Waals surface area contributed by atoms with Crippen molar-refractivity contribution in [2.24, 2.45) is 16.8 Å². The zero-order chi connectivity index (χ0) is 27.0. The number of aryl methyl sites for hydroxylation is 2. The molecule has 38 heavy (non-hydrogen) atoms. The molecule has 2 atom stereocenters. The molecule has 1 aliphatic carbocycles. The van der Waals surface area contributed by atoms with Crippen molar-refractivity contribution in [1.82, 2.24) is 4.57 Å². The van der Waals surface area contributed by atoms with E-state index in [0.29, 0.717) is 11.3 Å². The fourth-order valence-corrected chi connectivity index (χ4v) is 6.79. The first-order valence-corrected chi connectivity index (χ1v) is 13.3. The van der Waals surface area contributed by atoms with Crippen molar-refractivity contribution in [2.75, 3.05) is 12.1 Å². The number of allylic oxidation sites excluding steroid dienone is 1. The van der Waals surface area contributed by atoms with Gasteiger partial charge < -0.3 is 15.0 Å². The molecule has 2 aromatic heterocycles. The van der Waals surface area contributed by atoms with Crippen molar-refractivity contribution in [2.45, 2.75) is 45.7 Å². The van der Waals surface area contributed by atoms with Gasteiger partial charge in [0.25, 0.3) is 0 Å². The molecule has 0 spiro atoms. The van der Waals surface area contributed by atoms with Gasteiger partial charge >= 0.3 is 5.97 Å². The van der Waals surface area contributed by atoms with Gasteiger partial charge in [0.05, 0.1) is 35.7 Å². The van der Waals surface area contributed by atoms with Gasteiger partial charge in [-0.15, -0.1) is 11.3 Å². The van der Waals surface area contributed by atoms with E-state index in [1.165, 1.54) is 12.0 Å². The van der Waals surface area contributed by atoms with E-state index in [4.69, 9.17) is 10.5 Å². The molecule has 0 bridgehead atoms. The average molecular weight is 525 g/mol. The largest absolute Gasteiger partial charge is 0.465 e. The maximum absolute atomic E-state index is 12.9. The SMILES string of the molecule is COC(=O)c1c(-n2c(C)cc(/C=C(/C#N)C3=NN(c4ccccc4)[C@@H](N)[C@@H]3C#N)c2C)sc2c1CCCC2. The second kappa shape index (κ2) is 10.3. The van der Waals surface area contributed by atoms with Gasteiger partial charge in [-0.25, -0.2) is 9.80 Å². The summed E-state index contributed by atoms with van der Waals surface area (Å²) in [5, 5.41) is 27.1. The number of nitrogens with zero attached hydrogens (tertiary/aromatic N) is 5.